The molecule has 0 aliphatic rings. The first kappa shape index (κ1) is 128. The Bertz CT molecular complexity index is 2520. The molecule has 30 heteroatoms. The highest BCUT2D eigenvalue weighted by Gasteiger charge is 2.66. The SMILES string of the molecule is CC(C)N(C(C)C)P(=N[P+](N=P(N(C(C)C)C(C)C)(N(C(C)C)C(C)C)N(C(C)C)C(C)C)(N=P(N(C(C)C)C(C)C)(N(C(C)C)C(C)C)N(C(C)C)C(C)C)N=P(N(C(C)C)C(C)C)(N(C(C)C)C(C)C)N(C(C)C)C(C)(C)O)(N(C(C)C)C(C)C)N(C(C)C)C(C)C.CCCN(CCC)P(=NP)(N(CCC)CCC)N(CCC)CCC.O.[OH-]. The minimum absolute atomic E-state index is 0. The molecule has 0 fully saturated rings. The van der Waals surface area contributed by atoms with Crippen LogP contribution in [-0.2, 0) is 0 Å². The third kappa shape index (κ3) is 30.4. The van der Waals surface area contributed by atoms with Gasteiger partial charge in [0, 0.05) is 178 Å². The van der Waals surface area contributed by atoms with Gasteiger partial charge in [-0.05, 0) is 398 Å². The Morgan fingerprint density at radius 1 is 0.233 bits per heavy atom. The van der Waals surface area contributed by atoms with Gasteiger partial charge in [-0.1, -0.05) is 41.5 Å². The largest absolute Gasteiger partial charge is 0.870 e. The highest BCUT2D eigenvalue weighted by atomic mass is 31.3. The van der Waals surface area contributed by atoms with Crippen LogP contribution in [-0.4, -0.2) is 270 Å². The quantitative estimate of drug-likeness (QED) is 0.0446. The number of hydrogen-bond acceptors (Lipinski definition) is 7. The average Bonchev–Trinajstić information content (AvgIpc) is 0.686. The van der Waals surface area contributed by atoms with Crippen molar-refractivity contribution < 1.29 is 16.1 Å². The van der Waals surface area contributed by atoms with Gasteiger partial charge in [0.2, 0.25) is 30.0 Å². The van der Waals surface area contributed by atoms with Gasteiger partial charge in [0.05, 0.1) is 0 Å². The zero-order chi connectivity index (χ0) is 93.5. The molecule has 0 heterocycles. The van der Waals surface area contributed by atoms with Crippen molar-refractivity contribution in [3.63, 3.8) is 0 Å². The molecule has 0 aliphatic carbocycles. The van der Waals surface area contributed by atoms with E-state index in [1.54, 1.807) is 0 Å². The number of aliphatic hydroxyl groups is 1. The summed E-state index contributed by atoms with van der Waals surface area (Å²) in [6.45, 7) is 136. The van der Waals surface area contributed by atoms with Gasteiger partial charge in [0.15, 0.2) is 7.51 Å². The van der Waals surface area contributed by atoms with E-state index >= 15 is 0 Å². The Labute approximate surface area is 755 Å². The fourth-order valence-corrected chi connectivity index (χ4v) is 56.5. The smallest absolute Gasteiger partial charge is 0.502 e. The Kier molecular flexibility index (Phi) is 59.9. The fraction of sp³-hybridized carbons (Fsp3) is 1.00. The van der Waals surface area contributed by atoms with Crippen molar-refractivity contribution in [1.82, 2.24) is 70.1 Å². The molecule has 23 nitrogen and oxygen atoms in total. The predicted molar refractivity (Wildman–Crippen MR) is 552 cm³/mol. The van der Waals surface area contributed by atoms with Gasteiger partial charge < -0.3 is 16.1 Å². The lowest BCUT2D eigenvalue weighted by atomic mass is 10.2. The van der Waals surface area contributed by atoms with E-state index in [1.165, 1.54) is 38.5 Å². The fourth-order valence-electron chi connectivity index (χ4n) is 20.8. The van der Waals surface area contributed by atoms with Gasteiger partial charge in [-0.25, -0.2) is 74.6 Å². The van der Waals surface area contributed by atoms with Crippen LogP contribution in [0, 0.1) is 0 Å². The Balaban J connectivity index is -0.00000221. The van der Waals surface area contributed by atoms with Crippen LogP contribution >= 0.6 is 54.8 Å². The molecule has 0 saturated carbocycles. The molecule has 120 heavy (non-hydrogen) atoms. The molecule has 1 unspecified atom stereocenters. The van der Waals surface area contributed by atoms with Crippen LogP contribution in [0.15, 0.2) is 22.6 Å². The molecule has 0 aliphatic heterocycles. The number of hydrogen-bond donors (Lipinski definition) is 1. The zero-order valence-electron chi connectivity index (χ0n) is 89.9. The molecule has 0 rings (SSSR count). The van der Waals surface area contributed by atoms with Crippen LogP contribution in [0.5, 0.6) is 0 Å². The van der Waals surface area contributed by atoms with E-state index in [0.717, 1.165) is 39.3 Å². The van der Waals surface area contributed by atoms with Crippen molar-refractivity contribution in [3.05, 3.63) is 0 Å². The molecule has 0 spiro atoms. The average molecular weight is 1840 g/mol. The molecular formula is C90H215N20O3P7. The van der Waals surface area contributed by atoms with Crippen LogP contribution in [0.1, 0.15) is 412 Å². The molecule has 0 aromatic rings. The van der Waals surface area contributed by atoms with Gasteiger partial charge >= 0.3 is 7.87 Å². The summed E-state index contributed by atoms with van der Waals surface area (Å²) >= 11 is 0. The predicted octanol–water partition coefficient (Wildman–Crippen LogP) is 28.3. The van der Waals surface area contributed by atoms with E-state index in [0.29, 0.717) is 0 Å². The summed E-state index contributed by atoms with van der Waals surface area (Å²) < 4.78 is 78.5. The molecule has 4 N–H and O–H groups in total. The van der Waals surface area contributed by atoms with Crippen molar-refractivity contribution in [2.24, 2.45) is 22.6 Å². The number of rotatable bonds is 55. The highest BCUT2D eigenvalue weighted by Crippen LogP contribution is 2.90. The molecule has 1 atom stereocenters. The standard InChI is InChI=1S/C72H168N16OP5.C18H44N4P2.2H2O/c1-49(2)77(50(3)4)91(78(51(5)6)52(7)8,79(53(9)10)54(11)12)73-90(74-92(80(55(13)14)56(15)16,81(57(17)18)58(19)20)82(59(21)22)60(23)24,75-93(83(61(25)26)62(27)28,84(63(29)30)64(31)32)85(65(33)34)66(35)36)76-94(86(67(37)38)68(39)40,87(69(41)42)70(43)44)88(71(45)46)72(47,48)89;1-7-13-20(14-8-2)24(19-23,21(15-9-3)16-10-4)22(17-11-5)18-12-6;;/h49-71,89H,1-48H3;7-18,23H2,1-6H3;2*1H2/q+1;;;/p-1. The molecule has 728 valence electrons. The lowest BCUT2D eigenvalue weighted by Crippen LogP contribution is -2.57. The summed E-state index contributed by atoms with van der Waals surface area (Å²) in [5.41, 5.74) is -1.43. The summed E-state index contributed by atoms with van der Waals surface area (Å²) in [7, 11) is -18.0. The summed E-state index contributed by atoms with van der Waals surface area (Å²) in [4.78, 5) is 0. The van der Waals surface area contributed by atoms with Gasteiger partial charge in [-0.15, -0.1) is 0 Å². The van der Waals surface area contributed by atoms with Crippen molar-refractivity contribution in [3.8, 4) is 0 Å². The molecule has 0 bridgehead atoms. The van der Waals surface area contributed by atoms with Crippen molar-refractivity contribution in [2.75, 3.05) is 39.3 Å². The minimum atomic E-state index is -4.52. The summed E-state index contributed by atoms with van der Waals surface area (Å²) in [6, 6.07) is -0.372. The van der Waals surface area contributed by atoms with E-state index in [9.17, 15) is 5.11 Å². The molecule has 0 radical (unpaired) electrons. The third-order valence-corrected chi connectivity index (χ3v) is 52.4. The lowest BCUT2D eigenvalue weighted by Gasteiger charge is -2.59. The van der Waals surface area contributed by atoms with Crippen LogP contribution in [0.4, 0.5) is 0 Å². The maximum Gasteiger partial charge on any atom is 0.502 e. The van der Waals surface area contributed by atoms with E-state index in [2.05, 4.69) is 439 Å². The Morgan fingerprint density at radius 2 is 0.350 bits per heavy atom. The summed E-state index contributed by atoms with van der Waals surface area (Å²) in [5.74, 6) is 0. The van der Waals surface area contributed by atoms with Crippen LogP contribution < -0.4 is 0 Å². The molecule has 0 aromatic carbocycles. The second kappa shape index (κ2) is 56.3. The van der Waals surface area contributed by atoms with E-state index in [1.807, 2.05) is 13.8 Å². The first-order valence-corrected chi connectivity index (χ1v) is 58.3. The zero-order valence-corrected chi connectivity index (χ0v) is 96.4. The van der Waals surface area contributed by atoms with Crippen molar-refractivity contribution in [2.45, 2.75) is 557 Å². The molecule has 0 amide bonds. The second-order valence-corrected chi connectivity index (χ2v) is 58.2. The van der Waals surface area contributed by atoms with Crippen LogP contribution in [0.2, 0.25) is 0 Å². The van der Waals surface area contributed by atoms with Crippen molar-refractivity contribution >= 4 is 54.8 Å². The maximum atomic E-state index is 14.1. The monoisotopic (exact) mass is 1840 g/mol. The van der Waals surface area contributed by atoms with E-state index in [4.69, 9.17) is 22.6 Å². The summed E-state index contributed by atoms with van der Waals surface area (Å²) in [6.07, 6.45) is 7.17. The Morgan fingerprint density at radius 3 is 0.442 bits per heavy atom. The topological polar surface area (TPSA) is 192 Å². The highest BCUT2D eigenvalue weighted by molar-refractivity contribution is 7.88. The minimum Gasteiger partial charge on any atom is -0.870 e. The number of nitrogens with zero attached hydrogens (tertiary/aromatic N) is 20. The van der Waals surface area contributed by atoms with E-state index < -0.39 is 51.1 Å². The molecule has 0 saturated heterocycles. The van der Waals surface area contributed by atoms with Crippen LogP contribution in [0.25, 0.3) is 0 Å². The third-order valence-electron chi connectivity index (χ3n) is 21.5. The van der Waals surface area contributed by atoms with E-state index in [-0.39, 0.29) is 150 Å². The lowest BCUT2D eigenvalue weighted by molar-refractivity contribution is -0.0493. The van der Waals surface area contributed by atoms with Gasteiger partial charge in [0.25, 0.3) is 0 Å². The first-order chi connectivity index (χ1) is 53.9. The Hall–Kier alpha value is 1.29. The van der Waals surface area contributed by atoms with Gasteiger partial charge in [-0.2, -0.15) is 0 Å². The van der Waals surface area contributed by atoms with Gasteiger partial charge in [-0.3, -0.25) is 0 Å². The normalized spacial score (nSPS) is 14.3. The molecular weight excluding hydrogens is 1630 g/mol. The van der Waals surface area contributed by atoms with Crippen LogP contribution in [0.3, 0.4) is 0 Å². The maximum absolute atomic E-state index is 14.1. The first-order valence-electron chi connectivity index (χ1n) is 48.1. The van der Waals surface area contributed by atoms with Gasteiger partial charge in [0.1, 0.15) is 5.72 Å². The van der Waals surface area contributed by atoms with Crippen molar-refractivity contribution in [1.29, 1.82) is 0 Å². The molecule has 0 aromatic heterocycles. The summed E-state index contributed by atoms with van der Waals surface area (Å²) in [5, 5.41) is 14.1. The second-order valence-electron chi connectivity index (χ2n) is 40.7.